The number of nitrogens with one attached hydrogen (secondary N) is 2. The summed E-state index contributed by atoms with van der Waals surface area (Å²) in [7, 11) is 0. The van der Waals surface area contributed by atoms with Crippen LogP contribution in [0.4, 0.5) is 10.1 Å². The zero-order valence-corrected chi connectivity index (χ0v) is 8.29. The summed E-state index contributed by atoms with van der Waals surface area (Å²) < 4.78 is 13.1. The number of carbonyl (C=O) groups is 1. The maximum absolute atomic E-state index is 13.1. The average Bonchev–Trinajstić information content (AvgIpc) is 2.22. The molecule has 1 aromatic carbocycles. The molecule has 0 heterocycles. The molecule has 0 aromatic heterocycles. The number of rotatable bonds is 5. The predicted molar refractivity (Wildman–Crippen MR) is 58.1 cm³/mol. The van der Waals surface area contributed by atoms with Crippen molar-refractivity contribution in [2.45, 2.75) is 0 Å². The molecule has 0 spiro atoms. The molecular formula is C11H13FN2O. The van der Waals surface area contributed by atoms with Gasteiger partial charge in [0.1, 0.15) is 5.82 Å². The van der Waals surface area contributed by atoms with Crippen molar-refractivity contribution in [1.82, 2.24) is 5.32 Å². The molecule has 80 valence electrons. The molecule has 2 N–H and O–H groups in total. The second-order valence-electron chi connectivity index (χ2n) is 2.95. The van der Waals surface area contributed by atoms with E-state index >= 15 is 0 Å². The van der Waals surface area contributed by atoms with Crippen LogP contribution in [0.15, 0.2) is 36.9 Å². The number of para-hydroxylation sites is 1. The first-order valence-corrected chi connectivity index (χ1v) is 4.60. The van der Waals surface area contributed by atoms with Crippen LogP contribution in [0.1, 0.15) is 0 Å². The number of carbonyl (C=O) groups excluding carboxylic acids is 1. The number of amides is 1. The summed E-state index contributed by atoms with van der Waals surface area (Å²) in [6, 6.07) is 6.05. The van der Waals surface area contributed by atoms with Gasteiger partial charge in [-0.15, -0.1) is 6.58 Å². The smallest absolute Gasteiger partial charge is 0.238 e. The first-order chi connectivity index (χ1) is 7.24. The molecule has 1 aromatic rings. The first-order valence-electron chi connectivity index (χ1n) is 4.60. The van der Waals surface area contributed by atoms with Crippen molar-refractivity contribution in [1.29, 1.82) is 0 Å². The van der Waals surface area contributed by atoms with Crippen LogP contribution in [0, 0.1) is 5.82 Å². The molecule has 1 rings (SSSR count). The molecule has 0 fully saturated rings. The van der Waals surface area contributed by atoms with Crippen LogP contribution in [-0.2, 0) is 4.79 Å². The number of hydrogen-bond acceptors (Lipinski definition) is 2. The largest absolute Gasteiger partial charge is 0.322 e. The third-order valence-corrected chi connectivity index (χ3v) is 1.72. The van der Waals surface area contributed by atoms with Gasteiger partial charge in [0, 0.05) is 6.54 Å². The summed E-state index contributed by atoms with van der Waals surface area (Å²) in [5, 5.41) is 5.28. The van der Waals surface area contributed by atoms with Crippen molar-refractivity contribution in [3.63, 3.8) is 0 Å². The van der Waals surface area contributed by atoms with Crippen molar-refractivity contribution in [2.24, 2.45) is 0 Å². The Morgan fingerprint density at radius 3 is 2.87 bits per heavy atom. The fraction of sp³-hybridized carbons (Fsp3) is 0.182. The quantitative estimate of drug-likeness (QED) is 0.569. The summed E-state index contributed by atoms with van der Waals surface area (Å²) >= 11 is 0. The van der Waals surface area contributed by atoms with E-state index in [0.717, 1.165) is 0 Å². The number of benzene rings is 1. The van der Waals surface area contributed by atoms with Gasteiger partial charge >= 0.3 is 0 Å². The van der Waals surface area contributed by atoms with Gasteiger partial charge in [0.25, 0.3) is 0 Å². The van der Waals surface area contributed by atoms with Gasteiger partial charge in [-0.1, -0.05) is 18.2 Å². The Morgan fingerprint density at radius 2 is 2.20 bits per heavy atom. The molecular weight excluding hydrogens is 195 g/mol. The summed E-state index contributed by atoms with van der Waals surface area (Å²) in [5.74, 6) is -0.712. The van der Waals surface area contributed by atoms with Crippen LogP contribution in [0.2, 0.25) is 0 Å². The van der Waals surface area contributed by atoms with Crippen LogP contribution in [0.5, 0.6) is 0 Å². The van der Waals surface area contributed by atoms with E-state index < -0.39 is 5.82 Å². The predicted octanol–water partition coefficient (Wildman–Crippen LogP) is 1.54. The molecule has 3 nitrogen and oxygen atoms in total. The summed E-state index contributed by atoms with van der Waals surface area (Å²) in [4.78, 5) is 11.3. The minimum absolute atomic E-state index is 0.139. The lowest BCUT2D eigenvalue weighted by molar-refractivity contribution is -0.115. The SMILES string of the molecule is C=CCNCC(=O)Nc1ccccc1F. The lowest BCUT2D eigenvalue weighted by Gasteiger charge is -2.05. The minimum atomic E-state index is -0.436. The van der Waals surface area contributed by atoms with E-state index in [1.165, 1.54) is 12.1 Å². The van der Waals surface area contributed by atoms with Crippen molar-refractivity contribution < 1.29 is 9.18 Å². The van der Waals surface area contributed by atoms with Gasteiger partial charge < -0.3 is 10.6 Å². The van der Waals surface area contributed by atoms with Crippen LogP contribution in [0.3, 0.4) is 0 Å². The number of hydrogen-bond donors (Lipinski definition) is 2. The fourth-order valence-electron chi connectivity index (χ4n) is 1.04. The molecule has 1 amide bonds. The van der Waals surface area contributed by atoms with Crippen molar-refractivity contribution in [3.05, 3.63) is 42.7 Å². The molecule has 4 heteroatoms. The van der Waals surface area contributed by atoms with E-state index in [9.17, 15) is 9.18 Å². The molecule has 0 radical (unpaired) electrons. The summed E-state index contributed by atoms with van der Waals surface area (Å²) in [6.07, 6.45) is 1.65. The Kier molecular flexibility index (Phi) is 4.50. The molecule has 15 heavy (non-hydrogen) atoms. The molecule has 0 aliphatic carbocycles. The van der Waals surface area contributed by atoms with Crippen LogP contribution < -0.4 is 10.6 Å². The topological polar surface area (TPSA) is 41.1 Å². The highest BCUT2D eigenvalue weighted by molar-refractivity contribution is 5.92. The van der Waals surface area contributed by atoms with E-state index in [1.54, 1.807) is 18.2 Å². The molecule has 0 saturated carbocycles. The molecule has 0 saturated heterocycles. The summed E-state index contributed by atoms with van der Waals surface area (Å²) in [6.45, 7) is 4.19. The Morgan fingerprint density at radius 1 is 1.47 bits per heavy atom. The zero-order chi connectivity index (χ0) is 11.1. The maximum Gasteiger partial charge on any atom is 0.238 e. The van der Waals surface area contributed by atoms with Crippen LogP contribution in [-0.4, -0.2) is 19.0 Å². The van der Waals surface area contributed by atoms with Crippen molar-refractivity contribution in [2.75, 3.05) is 18.4 Å². The fourth-order valence-corrected chi connectivity index (χ4v) is 1.04. The number of anilines is 1. The standard InChI is InChI=1S/C11H13FN2O/c1-2-7-13-8-11(15)14-10-6-4-3-5-9(10)12/h2-6,13H,1,7-8H2,(H,14,15). The Bertz CT molecular complexity index is 352. The molecule has 0 aliphatic heterocycles. The minimum Gasteiger partial charge on any atom is -0.322 e. The van der Waals surface area contributed by atoms with E-state index in [2.05, 4.69) is 17.2 Å². The van der Waals surface area contributed by atoms with Gasteiger partial charge in [0.05, 0.1) is 12.2 Å². The van der Waals surface area contributed by atoms with Gasteiger partial charge in [-0.2, -0.15) is 0 Å². The Hall–Kier alpha value is -1.68. The van der Waals surface area contributed by atoms with Crippen LogP contribution in [0.25, 0.3) is 0 Å². The van der Waals surface area contributed by atoms with Crippen LogP contribution >= 0.6 is 0 Å². The lowest BCUT2D eigenvalue weighted by atomic mass is 10.3. The zero-order valence-electron chi connectivity index (χ0n) is 8.29. The Balaban J connectivity index is 2.44. The van der Waals surface area contributed by atoms with E-state index in [0.29, 0.717) is 6.54 Å². The lowest BCUT2D eigenvalue weighted by Crippen LogP contribution is -2.28. The van der Waals surface area contributed by atoms with Gasteiger partial charge in [-0.25, -0.2) is 4.39 Å². The van der Waals surface area contributed by atoms with E-state index in [4.69, 9.17) is 0 Å². The van der Waals surface area contributed by atoms with Crippen molar-refractivity contribution >= 4 is 11.6 Å². The second-order valence-corrected chi connectivity index (χ2v) is 2.95. The van der Waals surface area contributed by atoms with Crippen molar-refractivity contribution in [3.8, 4) is 0 Å². The Labute approximate surface area is 88.0 Å². The molecule has 0 unspecified atom stereocenters. The van der Waals surface area contributed by atoms with Gasteiger partial charge in [0.15, 0.2) is 0 Å². The maximum atomic E-state index is 13.1. The third-order valence-electron chi connectivity index (χ3n) is 1.72. The third kappa shape index (κ3) is 3.91. The average molecular weight is 208 g/mol. The monoisotopic (exact) mass is 208 g/mol. The van der Waals surface area contributed by atoms with Gasteiger partial charge in [-0.05, 0) is 12.1 Å². The molecule has 0 aliphatic rings. The summed E-state index contributed by atoms with van der Waals surface area (Å²) in [5.41, 5.74) is 0.197. The highest BCUT2D eigenvalue weighted by Gasteiger charge is 2.04. The van der Waals surface area contributed by atoms with Gasteiger partial charge in [0.2, 0.25) is 5.91 Å². The normalized spacial score (nSPS) is 9.67. The molecule has 0 bridgehead atoms. The highest BCUT2D eigenvalue weighted by atomic mass is 19.1. The van der Waals surface area contributed by atoms with E-state index in [1.807, 2.05) is 0 Å². The first kappa shape index (κ1) is 11.4. The number of halogens is 1. The second kappa shape index (κ2) is 5.93. The van der Waals surface area contributed by atoms with Gasteiger partial charge in [-0.3, -0.25) is 4.79 Å². The molecule has 0 atom stereocenters. The highest BCUT2D eigenvalue weighted by Crippen LogP contribution is 2.11. The van der Waals surface area contributed by atoms with E-state index in [-0.39, 0.29) is 18.1 Å².